The second kappa shape index (κ2) is 14.2. The predicted molar refractivity (Wildman–Crippen MR) is 217 cm³/mol. The number of likely N-dealkylation sites (tertiary alicyclic amines) is 1. The van der Waals surface area contributed by atoms with Crippen LogP contribution in [-0.2, 0) is 29.2 Å². The lowest BCUT2D eigenvalue weighted by molar-refractivity contribution is -0.146. The van der Waals surface area contributed by atoms with Gasteiger partial charge in [0.25, 0.3) is 5.91 Å². The summed E-state index contributed by atoms with van der Waals surface area (Å²) < 4.78 is 28.3. The van der Waals surface area contributed by atoms with Gasteiger partial charge in [-0.15, -0.1) is 6.58 Å². The molecule has 4 N–H and O–H groups in total. The molecule has 2 spiro atoms. The molecule has 0 aromatic heterocycles. The average Bonchev–Trinajstić information content (AvgIpc) is 4.02. The van der Waals surface area contributed by atoms with Crippen LogP contribution in [0, 0.1) is 33.5 Å². The van der Waals surface area contributed by atoms with Gasteiger partial charge in [0.1, 0.15) is 23.7 Å². The van der Waals surface area contributed by atoms with Gasteiger partial charge < -0.3 is 20.6 Å². The third kappa shape index (κ3) is 6.89. The van der Waals surface area contributed by atoms with E-state index < -0.39 is 85.0 Å². The van der Waals surface area contributed by atoms with Crippen LogP contribution in [0.15, 0.2) is 12.7 Å². The number of carboxylic acid groups (broad SMARTS) is 1. The molecule has 1 heterocycles. The summed E-state index contributed by atoms with van der Waals surface area (Å²) >= 11 is 0. The number of hydrogen-bond donors (Lipinski definition) is 4. The minimum Gasteiger partial charge on any atom is -0.465 e. The molecule has 320 valence electrons. The maximum absolute atomic E-state index is 15.2. The Balaban J connectivity index is 1.31. The van der Waals surface area contributed by atoms with Crippen molar-refractivity contribution in [3.05, 3.63) is 12.7 Å². The van der Waals surface area contributed by atoms with E-state index in [1.54, 1.807) is 31.7 Å². The van der Waals surface area contributed by atoms with Crippen LogP contribution >= 0.6 is 0 Å². The molecular formula is C43H69N5O8S. The number of amides is 5. The molecule has 57 heavy (non-hydrogen) atoms. The normalized spacial score (nSPS) is 30.7. The third-order valence-corrected chi connectivity index (χ3v) is 17.9. The molecule has 0 radical (unpaired) electrons. The van der Waals surface area contributed by atoms with Gasteiger partial charge in [-0.2, -0.15) is 0 Å². The first kappa shape index (κ1) is 43.4. The minimum atomic E-state index is -4.00. The largest absolute Gasteiger partial charge is 0.465 e. The quantitative estimate of drug-likeness (QED) is 0.166. The molecule has 0 bridgehead atoms. The van der Waals surface area contributed by atoms with Gasteiger partial charge in [-0.25, -0.2) is 13.2 Å². The predicted octanol–water partition coefficient (Wildman–Crippen LogP) is 5.88. The molecule has 6 atom stereocenters. The number of hydrogen-bond acceptors (Lipinski definition) is 7. The summed E-state index contributed by atoms with van der Waals surface area (Å²) in [6.45, 7) is 21.3. The maximum Gasteiger partial charge on any atom is 0.408 e. The van der Waals surface area contributed by atoms with Crippen molar-refractivity contribution in [3.63, 3.8) is 0 Å². The van der Waals surface area contributed by atoms with E-state index in [2.05, 4.69) is 35.8 Å². The Morgan fingerprint density at radius 1 is 0.930 bits per heavy atom. The van der Waals surface area contributed by atoms with Gasteiger partial charge in [0.05, 0.1) is 4.75 Å². The fourth-order valence-electron chi connectivity index (χ4n) is 11.8. The monoisotopic (exact) mass is 815 g/mol. The average molecular weight is 816 g/mol. The number of carbonyl (C=O) groups is 5. The van der Waals surface area contributed by atoms with E-state index >= 15 is 4.79 Å². The van der Waals surface area contributed by atoms with Crippen LogP contribution < -0.4 is 15.4 Å². The second-order valence-electron chi connectivity index (χ2n) is 21.2. The van der Waals surface area contributed by atoms with Crippen molar-refractivity contribution < 1.29 is 37.5 Å². The van der Waals surface area contributed by atoms with Gasteiger partial charge in [-0.1, -0.05) is 79.7 Å². The molecule has 6 aliphatic rings. The lowest BCUT2D eigenvalue weighted by atomic mass is 9.73. The van der Waals surface area contributed by atoms with Crippen molar-refractivity contribution in [2.24, 2.45) is 33.5 Å². The molecule has 5 saturated carbocycles. The zero-order valence-corrected chi connectivity index (χ0v) is 36.7. The van der Waals surface area contributed by atoms with Crippen molar-refractivity contribution in [2.75, 3.05) is 6.54 Å². The Kier molecular flexibility index (Phi) is 10.9. The first-order chi connectivity index (χ1) is 26.3. The lowest BCUT2D eigenvalue weighted by Gasteiger charge is -2.44. The molecule has 6 rings (SSSR count). The Hall–Kier alpha value is -3.16. The summed E-state index contributed by atoms with van der Waals surface area (Å²) in [6.07, 6.45) is 10.2. The molecule has 0 aromatic carbocycles. The molecule has 0 aromatic rings. The van der Waals surface area contributed by atoms with Crippen LogP contribution in [0.3, 0.4) is 0 Å². The van der Waals surface area contributed by atoms with Crippen LogP contribution in [-0.4, -0.2) is 93.5 Å². The number of rotatable bonds is 13. The fraction of sp³-hybridized carbons (Fsp3) is 0.837. The molecule has 1 saturated heterocycles. The lowest BCUT2D eigenvalue weighted by Crippen LogP contribution is -2.64. The zero-order chi connectivity index (χ0) is 42.4. The summed E-state index contributed by atoms with van der Waals surface area (Å²) in [4.78, 5) is 74.2. The SMILES string of the molecule is C=C[C@@H]1C[C@]1(NC(=O)[C@@H]1C[C@@]2(CN1C(=O)[C@@H](NC(=O)[C@H](C1CCCCC1)N(C(=O)O)C(C)(C)C)C(C)(C)C)C(C)(C)C21CCC1)C(=O)NS(=O)(=O)C1(CCC)CC1. The van der Waals surface area contributed by atoms with Crippen molar-refractivity contribution in [1.29, 1.82) is 0 Å². The summed E-state index contributed by atoms with van der Waals surface area (Å²) in [5.41, 5.74) is -3.83. The van der Waals surface area contributed by atoms with Gasteiger partial charge in [0.15, 0.2) is 0 Å². The van der Waals surface area contributed by atoms with Crippen LogP contribution in [0.5, 0.6) is 0 Å². The highest BCUT2D eigenvalue weighted by Gasteiger charge is 2.85. The minimum absolute atomic E-state index is 0.0426. The second-order valence-corrected chi connectivity index (χ2v) is 23.3. The van der Waals surface area contributed by atoms with Crippen molar-refractivity contribution in [2.45, 2.75) is 186 Å². The highest BCUT2D eigenvalue weighted by atomic mass is 32.2. The van der Waals surface area contributed by atoms with E-state index in [9.17, 15) is 32.7 Å². The third-order valence-electron chi connectivity index (χ3n) is 15.7. The Bertz CT molecular complexity index is 1780. The van der Waals surface area contributed by atoms with Crippen molar-refractivity contribution in [3.8, 4) is 0 Å². The van der Waals surface area contributed by atoms with E-state index in [1.807, 2.05) is 27.7 Å². The van der Waals surface area contributed by atoms with Gasteiger partial charge >= 0.3 is 6.09 Å². The molecule has 13 nitrogen and oxygen atoms in total. The molecule has 5 aliphatic carbocycles. The first-order valence-electron chi connectivity index (χ1n) is 21.5. The summed E-state index contributed by atoms with van der Waals surface area (Å²) in [5.74, 6) is -2.99. The van der Waals surface area contributed by atoms with Gasteiger partial charge in [0, 0.05) is 23.4 Å². The number of fused-ring (bicyclic) bond motifs is 1. The Morgan fingerprint density at radius 2 is 1.54 bits per heavy atom. The van der Waals surface area contributed by atoms with Gasteiger partial charge in [-0.3, -0.25) is 28.8 Å². The van der Waals surface area contributed by atoms with Crippen molar-refractivity contribution >= 4 is 39.7 Å². The molecule has 0 unspecified atom stereocenters. The van der Waals surface area contributed by atoms with Gasteiger partial charge in [0.2, 0.25) is 27.7 Å². The first-order valence-corrected chi connectivity index (χ1v) is 22.9. The summed E-state index contributed by atoms with van der Waals surface area (Å²) in [6, 6.07) is -3.11. The topological polar surface area (TPSA) is 182 Å². The molecular weight excluding hydrogens is 747 g/mol. The van der Waals surface area contributed by atoms with Crippen LogP contribution in [0.25, 0.3) is 0 Å². The standard InChI is InChI=1S/C43H69N5O8S/c1-11-19-40(22-23-40)57(55,56)46-35(52)43(24-28(43)12-2)45-32(49)29-25-42(39(9,10)41(42)20-16-21-41)26-47(29)34(51)31(37(3,4)5)44-33(50)30(27-17-14-13-15-18-27)48(36(53)54)38(6,7)8/h12,27-31H,2,11,13-26H2,1,3-10H3,(H,44,50)(H,45,49)(H,46,52)(H,53,54)/t28-,29+,30+,31-,42-,43-/m1/s1. The fourth-order valence-corrected chi connectivity index (χ4v) is 13.6. The molecule has 14 heteroatoms. The smallest absolute Gasteiger partial charge is 0.408 e. The van der Waals surface area contributed by atoms with E-state index in [-0.39, 0.29) is 28.6 Å². The number of carbonyl (C=O) groups excluding carboxylic acids is 4. The van der Waals surface area contributed by atoms with E-state index in [0.717, 1.165) is 38.5 Å². The number of nitrogens with one attached hydrogen (secondary N) is 3. The Morgan fingerprint density at radius 3 is 1.98 bits per heavy atom. The summed E-state index contributed by atoms with van der Waals surface area (Å²) in [5, 5.41) is 16.5. The zero-order valence-electron chi connectivity index (χ0n) is 35.9. The maximum atomic E-state index is 15.2. The highest BCUT2D eigenvalue weighted by molar-refractivity contribution is 7.91. The number of sulfonamides is 1. The molecule has 6 fully saturated rings. The van der Waals surface area contributed by atoms with Crippen LogP contribution in [0.2, 0.25) is 0 Å². The van der Waals surface area contributed by atoms with E-state index in [0.29, 0.717) is 51.5 Å². The molecule has 1 aliphatic heterocycles. The van der Waals surface area contributed by atoms with E-state index in [1.165, 1.54) is 4.90 Å². The van der Waals surface area contributed by atoms with Gasteiger partial charge in [-0.05, 0) is 101 Å². The highest BCUT2D eigenvalue weighted by Crippen LogP contribution is 2.88. The molecule has 5 amide bonds. The Labute approximate surface area is 340 Å². The van der Waals surface area contributed by atoms with Crippen molar-refractivity contribution in [1.82, 2.24) is 25.2 Å². The number of nitrogens with zero attached hydrogens (tertiary/aromatic N) is 2. The van der Waals surface area contributed by atoms with Crippen LogP contribution in [0.4, 0.5) is 4.79 Å². The van der Waals surface area contributed by atoms with E-state index in [4.69, 9.17) is 0 Å². The van der Waals surface area contributed by atoms with Crippen LogP contribution in [0.1, 0.15) is 152 Å². The summed E-state index contributed by atoms with van der Waals surface area (Å²) in [7, 11) is -4.00.